The number of hydrogen-bond donors (Lipinski definition) is 0. The molecular formula is C14H21NO2S. The SMILES string of the molecule is CCOc1cccc(/C(C)=N\[S@+]([O-])C(C)(C)C)c1. The highest BCUT2D eigenvalue weighted by Crippen LogP contribution is 2.19. The van der Waals surface area contributed by atoms with Crippen molar-refractivity contribution in [2.75, 3.05) is 6.61 Å². The fraction of sp³-hybridized carbons (Fsp3) is 0.500. The van der Waals surface area contributed by atoms with Gasteiger partial charge in [-0.25, -0.2) is 0 Å². The molecule has 0 unspecified atom stereocenters. The number of nitrogens with zero attached hydrogens (tertiary/aromatic N) is 1. The van der Waals surface area contributed by atoms with E-state index in [4.69, 9.17) is 4.74 Å². The molecule has 100 valence electrons. The average Bonchev–Trinajstić information content (AvgIpc) is 2.28. The van der Waals surface area contributed by atoms with Gasteiger partial charge in [0.05, 0.1) is 12.3 Å². The lowest BCUT2D eigenvalue weighted by atomic mass is 10.1. The third-order valence-electron chi connectivity index (χ3n) is 2.31. The molecule has 0 aliphatic carbocycles. The van der Waals surface area contributed by atoms with Gasteiger partial charge in [-0.15, -0.1) is 0 Å². The molecule has 0 heterocycles. The lowest BCUT2D eigenvalue weighted by Crippen LogP contribution is -2.26. The normalized spacial score (nSPS) is 14.4. The van der Waals surface area contributed by atoms with Crippen LogP contribution in [0.5, 0.6) is 5.75 Å². The van der Waals surface area contributed by atoms with Crippen molar-refractivity contribution in [1.29, 1.82) is 0 Å². The summed E-state index contributed by atoms with van der Waals surface area (Å²) in [5.74, 6) is 0.811. The van der Waals surface area contributed by atoms with E-state index in [2.05, 4.69) is 4.40 Å². The Balaban J connectivity index is 2.92. The van der Waals surface area contributed by atoms with Gasteiger partial charge in [-0.05, 0) is 46.8 Å². The minimum Gasteiger partial charge on any atom is -0.591 e. The summed E-state index contributed by atoms with van der Waals surface area (Å²) in [6.07, 6.45) is 0. The van der Waals surface area contributed by atoms with Crippen LogP contribution in [0.1, 0.15) is 40.2 Å². The molecule has 1 aromatic rings. The zero-order valence-corrected chi connectivity index (χ0v) is 12.5. The maximum Gasteiger partial charge on any atom is 0.144 e. The summed E-state index contributed by atoms with van der Waals surface area (Å²) in [5.41, 5.74) is 1.71. The molecule has 0 fully saturated rings. The lowest BCUT2D eigenvalue weighted by Gasteiger charge is -2.18. The molecule has 0 aliphatic heterocycles. The first-order valence-corrected chi connectivity index (χ1v) is 7.15. The van der Waals surface area contributed by atoms with Gasteiger partial charge >= 0.3 is 0 Å². The first kappa shape index (κ1) is 15.1. The van der Waals surface area contributed by atoms with Crippen molar-refractivity contribution in [3.8, 4) is 5.75 Å². The van der Waals surface area contributed by atoms with Gasteiger partial charge in [-0.2, -0.15) is 0 Å². The topological polar surface area (TPSA) is 44.6 Å². The predicted octanol–water partition coefficient (Wildman–Crippen LogP) is 3.36. The van der Waals surface area contributed by atoms with E-state index in [1.807, 2.05) is 58.9 Å². The van der Waals surface area contributed by atoms with Crippen molar-refractivity contribution in [1.82, 2.24) is 0 Å². The van der Waals surface area contributed by atoms with E-state index in [1.54, 1.807) is 0 Å². The van der Waals surface area contributed by atoms with E-state index in [-0.39, 0.29) is 4.75 Å². The highest BCUT2D eigenvalue weighted by Gasteiger charge is 2.26. The molecule has 18 heavy (non-hydrogen) atoms. The fourth-order valence-corrected chi connectivity index (χ4v) is 1.92. The van der Waals surface area contributed by atoms with E-state index >= 15 is 0 Å². The summed E-state index contributed by atoms with van der Waals surface area (Å²) in [7, 11) is 0. The second kappa shape index (κ2) is 6.25. The number of ether oxygens (including phenoxy) is 1. The highest BCUT2D eigenvalue weighted by atomic mass is 32.2. The molecule has 0 N–H and O–H groups in total. The van der Waals surface area contributed by atoms with Crippen LogP contribution in [0.15, 0.2) is 28.7 Å². The first-order valence-electron chi connectivity index (χ1n) is 6.05. The van der Waals surface area contributed by atoms with Crippen LogP contribution >= 0.6 is 0 Å². The zero-order chi connectivity index (χ0) is 13.8. The van der Waals surface area contributed by atoms with Crippen molar-refractivity contribution in [2.45, 2.75) is 39.4 Å². The van der Waals surface area contributed by atoms with Crippen molar-refractivity contribution >= 4 is 17.1 Å². The van der Waals surface area contributed by atoms with Crippen molar-refractivity contribution in [3.63, 3.8) is 0 Å². The third kappa shape index (κ3) is 4.35. The summed E-state index contributed by atoms with van der Waals surface area (Å²) in [6, 6.07) is 7.68. The Morgan fingerprint density at radius 3 is 2.61 bits per heavy atom. The van der Waals surface area contributed by atoms with Crippen LogP contribution in [-0.4, -0.2) is 21.6 Å². The zero-order valence-electron chi connectivity index (χ0n) is 11.7. The Morgan fingerprint density at radius 2 is 2.06 bits per heavy atom. The van der Waals surface area contributed by atoms with Gasteiger partial charge < -0.3 is 9.29 Å². The second-order valence-corrected chi connectivity index (χ2v) is 6.90. The standard InChI is InChI=1S/C14H21NO2S/c1-6-17-13-9-7-8-12(10-13)11(2)15-18(16)14(3,4)5/h7-10H,6H2,1-5H3/b15-11-/t18-/m1/s1. The predicted molar refractivity (Wildman–Crippen MR) is 77.7 cm³/mol. The van der Waals surface area contributed by atoms with Gasteiger partial charge in [0.25, 0.3) is 0 Å². The monoisotopic (exact) mass is 267 g/mol. The third-order valence-corrected chi connectivity index (χ3v) is 3.79. The van der Waals surface area contributed by atoms with Gasteiger partial charge in [0, 0.05) is 5.56 Å². The molecule has 0 spiro atoms. The van der Waals surface area contributed by atoms with Crippen LogP contribution in [-0.2, 0) is 11.4 Å². The molecule has 0 bridgehead atoms. The van der Waals surface area contributed by atoms with E-state index in [0.717, 1.165) is 17.0 Å². The summed E-state index contributed by atoms with van der Waals surface area (Å²) >= 11 is -1.23. The van der Waals surface area contributed by atoms with Gasteiger partial charge in [0.1, 0.15) is 21.9 Å². The summed E-state index contributed by atoms with van der Waals surface area (Å²) in [6.45, 7) is 10.2. The summed E-state index contributed by atoms with van der Waals surface area (Å²) < 4.78 is 21.3. The van der Waals surface area contributed by atoms with Gasteiger partial charge in [0.2, 0.25) is 0 Å². The molecule has 0 amide bonds. The molecule has 0 aromatic heterocycles. The van der Waals surface area contributed by atoms with E-state index in [9.17, 15) is 4.55 Å². The van der Waals surface area contributed by atoms with Crippen LogP contribution in [0.3, 0.4) is 0 Å². The molecule has 1 aromatic carbocycles. The molecule has 1 rings (SSSR count). The molecular weight excluding hydrogens is 246 g/mol. The van der Waals surface area contributed by atoms with Gasteiger partial charge in [-0.1, -0.05) is 16.5 Å². The first-order chi connectivity index (χ1) is 8.34. The van der Waals surface area contributed by atoms with Crippen LogP contribution in [0.2, 0.25) is 0 Å². The molecule has 4 heteroatoms. The van der Waals surface area contributed by atoms with E-state index < -0.39 is 11.4 Å². The molecule has 0 aliphatic rings. The molecule has 0 saturated carbocycles. The van der Waals surface area contributed by atoms with Crippen LogP contribution in [0.25, 0.3) is 0 Å². The second-order valence-electron chi connectivity index (χ2n) is 5.00. The quantitative estimate of drug-likeness (QED) is 0.620. The fourth-order valence-electron chi connectivity index (χ4n) is 1.29. The Kier molecular flexibility index (Phi) is 5.23. The van der Waals surface area contributed by atoms with Crippen LogP contribution < -0.4 is 4.74 Å². The van der Waals surface area contributed by atoms with Gasteiger partial charge in [0.15, 0.2) is 0 Å². The Morgan fingerprint density at radius 1 is 1.39 bits per heavy atom. The number of hydrogen-bond acceptors (Lipinski definition) is 3. The average molecular weight is 267 g/mol. The molecule has 1 atom stereocenters. The minimum absolute atomic E-state index is 0.335. The van der Waals surface area contributed by atoms with Crippen molar-refractivity contribution in [2.24, 2.45) is 4.40 Å². The maximum absolute atomic E-state index is 12.0. The smallest absolute Gasteiger partial charge is 0.144 e. The number of benzene rings is 1. The summed E-state index contributed by atoms with van der Waals surface area (Å²) in [5, 5.41) is 0. The Labute approximate surface area is 113 Å². The molecule has 0 radical (unpaired) electrons. The Bertz CT molecular complexity index is 424. The van der Waals surface area contributed by atoms with Crippen LogP contribution in [0.4, 0.5) is 0 Å². The summed E-state index contributed by atoms with van der Waals surface area (Å²) in [4.78, 5) is 0. The minimum atomic E-state index is -1.23. The van der Waals surface area contributed by atoms with Gasteiger partial charge in [-0.3, -0.25) is 0 Å². The largest absolute Gasteiger partial charge is 0.591 e. The molecule has 3 nitrogen and oxygen atoms in total. The van der Waals surface area contributed by atoms with Crippen molar-refractivity contribution < 1.29 is 9.29 Å². The highest BCUT2D eigenvalue weighted by molar-refractivity contribution is 7.91. The van der Waals surface area contributed by atoms with Crippen molar-refractivity contribution in [3.05, 3.63) is 29.8 Å². The number of rotatable bonds is 4. The lowest BCUT2D eigenvalue weighted by molar-refractivity contribution is 0.340. The van der Waals surface area contributed by atoms with E-state index in [1.165, 1.54) is 0 Å². The van der Waals surface area contributed by atoms with Crippen LogP contribution in [0, 0.1) is 0 Å². The maximum atomic E-state index is 12.0. The Hall–Kier alpha value is -1.00. The molecule has 0 saturated heterocycles. The van der Waals surface area contributed by atoms with E-state index in [0.29, 0.717) is 6.61 Å².